The molecule has 0 unspecified atom stereocenters. The zero-order valence-corrected chi connectivity index (χ0v) is 16.3. The minimum absolute atomic E-state index is 0.0449. The van der Waals surface area contributed by atoms with Gasteiger partial charge in [0.1, 0.15) is 11.5 Å². The minimum atomic E-state index is -0.0449. The van der Waals surface area contributed by atoms with Crippen molar-refractivity contribution >= 4 is 11.8 Å². The molecule has 2 saturated heterocycles. The summed E-state index contributed by atoms with van der Waals surface area (Å²) in [6.07, 6.45) is 3.44. The van der Waals surface area contributed by atoms with Gasteiger partial charge in [-0.1, -0.05) is 0 Å². The number of hydrogen-bond donors (Lipinski definition) is 0. The fourth-order valence-electron chi connectivity index (χ4n) is 3.69. The molecule has 0 N–H and O–H groups in total. The Morgan fingerprint density at radius 3 is 2.22 bits per heavy atom. The molecule has 3 rings (SSSR count). The Balaban J connectivity index is 1.54. The zero-order valence-electron chi connectivity index (χ0n) is 16.3. The Labute approximate surface area is 160 Å². The predicted molar refractivity (Wildman–Crippen MR) is 102 cm³/mol. The smallest absolute Gasteiger partial charge is 0.257 e. The second-order valence-electron chi connectivity index (χ2n) is 7.08. The number of carbonyl (C=O) groups excluding carboxylic acids is 2. The first kappa shape index (κ1) is 19.5. The number of methoxy groups -OCH3 is 2. The summed E-state index contributed by atoms with van der Waals surface area (Å²) < 4.78 is 10.5. The third-order valence-electron chi connectivity index (χ3n) is 5.37. The lowest BCUT2D eigenvalue weighted by Gasteiger charge is -2.36. The highest BCUT2D eigenvalue weighted by atomic mass is 16.5. The van der Waals surface area contributed by atoms with Gasteiger partial charge in [-0.25, -0.2) is 0 Å². The molecule has 0 bridgehead atoms. The number of carbonyl (C=O) groups is 2. The van der Waals surface area contributed by atoms with E-state index in [2.05, 4.69) is 4.90 Å². The van der Waals surface area contributed by atoms with E-state index in [4.69, 9.17) is 9.47 Å². The van der Waals surface area contributed by atoms with E-state index >= 15 is 0 Å². The predicted octanol–water partition coefficient (Wildman–Crippen LogP) is 1.47. The standard InChI is InChI=1S/C20H29N3O4/c1-26-16-6-7-17(18(14-16)27-2)20(25)23-12-10-21(11-13-23)15-19(24)22-8-4-3-5-9-22/h6-7,14H,3-5,8-13,15H2,1-2H3. The average molecular weight is 375 g/mol. The molecule has 27 heavy (non-hydrogen) atoms. The van der Waals surface area contributed by atoms with Crippen LogP contribution in [0.2, 0.25) is 0 Å². The van der Waals surface area contributed by atoms with E-state index < -0.39 is 0 Å². The van der Waals surface area contributed by atoms with Crippen LogP contribution in [-0.2, 0) is 4.79 Å². The molecule has 148 valence electrons. The van der Waals surface area contributed by atoms with Crippen LogP contribution in [0, 0.1) is 0 Å². The molecule has 2 aliphatic rings. The number of amides is 2. The van der Waals surface area contributed by atoms with Gasteiger partial charge in [0.05, 0.1) is 26.3 Å². The maximum Gasteiger partial charge on any atom is 0.257 e. The molecule has 1 aromatic carbocycles. The van der Waals surface area contributed by atoms with Gasteiger partial charge in [0, 0.05) is 45.3 Å². The number of piperazine rings is 1. The van der Waals surface area contributed by atoms with E-state index in [1.54, 1.807) is 32.4 Å². The third kappa shape index (κ3) is 4.71. The molecule has 7 heteroatoms. The summed E-state index contributed by atoms with van der Waals surface area (Å²) >= 11 is 0. The van der Waals surface area contributed by atoms with Crippen molar-refractivity contribution in [2.24, 2.45) is 0 Å². The van der Waals surface area contributed by atoms with Crippen LogP contribution >= 0.6 is 0 Å². The monoisotopic (exact) mass is 375 g/mol. The second-order valence-corrected chi connectivity index (χ2v) is 7.08. The van der Waals surface area contributed by atoms with Crippen molar-refractivity contribution in [1.29, 1.82) is 0 Å². The largest absolute Gasteiger partial charge is 0.497 e. The van der Waals surface area contributed by atoms with Crippen molar-refractivity contribution in [3.05, 3.63) is 23.8 Å². The van der Waals surface area contributed by atoms with E-state index in [-0.39, 0.29) is 11.8 Å². The Morgan fingerprint density at radius 2 is 1.59 bits per heavy atom. The maximum atomic E-state index is 12.9. The Morgan fingerprint density at radius 1 is 0.889 bits per heavy atom. The van der Waals surface area contributed by atoms with Gasteiger partial charge in [-0.2, -0.15) is 0 Å². The summed E-state index contributed by atoms with van der Waals surface area (Å²) in [6, 6.07) is 5.23. The lowest BCUT2D eigenvalue weighted by molar-refractivity contribution is -0.133. The maximum absolute atomic E-state index is 12.9. The molecule has 1 aromatic rings. The van der Waals surface area contributed by atoms with Crippen molar-refractivity contribution in [1.82, 2.24) is 14.7 Å². The van der Waals surface area contributed by atoms with Crippen molar-refractivity contribution in [2.45, 2.75) is 19.3 Å². The van der Waals surface area contributed by atoms with Crippen molar-refractivity contribution in [3.63, 3.8) is 0 Å². The fraction of sp³-hybridized carbons (Fsp3) is 0.600. The van der Waals surface area contributed by atoms with Gasteiger partial charge in [-0.15, -0.1) is 0 Å². The van der Waals surface area contributed by atoms with E-state index in [9.17, 15) is 9.59 Å². The van der Waals surface area contributed by atoms with Crippen LogP contribution in [-0.4, -0.2) is 86.5 Å². The first-order valence-corrected chi connectivity index (χ1v) is 9.64. The van der Waals surface area contributed by atoms with Gasteiger partial charge in [-0.05, 0) is 31.4 Å². The number of ether oxygens (including phenoxy) is 2. The summed E-state index contributed by atoms with van der Waals surface area (Å²) in [6.45, 7) is 4.87. The molecule has 0 atom stereocenters. The molecular formula is C20H29N3O4. The van der Waals surface area contributed by atoms with Gasteiger partial charge in [-0.3, -0.25) is 14.5 Å². The third-order valence-corrected chi connectivity index (χ3v) is 5.37. The molecule has 2 aliphatic heterocycles. The second kappa shape index (κ2) is 9.08. The first-order chi connectivity index (χ1) is 13.1. The molecule has 0 radical (unpaired) electrons. The summed E-state index contributed by atoms with van der Waals surface area (Å²) in [5, 5.41) is 0. The molecule has 0 aromatic heterocycles. The van der Waals surface area contributed by atoms with Crippen LogP contribution in [0.1, 0.15) is 29.6 Å². The summed E-state index contributed by atoms with van der Waals surface area (Å²) in [4.78, 5) is 31.2. The van der Waals surface area contributed by atoms with Crippen LogP contribution in [0.3, 0.4) is 0 Å². The SMILES string of the molecule is COc1ccc(C(=O)N2CCN(CC(=O)N3CCCCC3)CC2)c(OC)c1. The normalized spacial score (nSPS) is 18.3. The number of benzene rings is 1. The highest BCUT2D eigenvalue weighted by Crippen LogP contribution is 2.26. The van der Waals surface area contributed by atoms with Crippen LogP contribution in [0.15, 0.2) is 18.2 Å². The molecule has 2 fully saturated rings. The number of likely N-dealkylation sites (tertiary alicyclic amines) is 1. The van der Waals surface area contributed by atoms with Gasteiger partial charge in [0.15, 0.2) is 0 Å². The summed E-state index contributed by atoms with van der Waals surface area (Å²) in [7, 11) is 3.14. The number of rotatable bonds is 5. The molecule has 0 spiro atoms. The highest BCUT2D eigenvalue weighted by molar-refractivity contribution is 5.97. The topological polar surface area (TPSA) is 62.3 Å². The van der Waals surface area contributed by atoms with Crippen molar-refractivity contribution in [2.75, 3.05) is 60.0 Å². The van der Waals surface area contributed by atoms with Gasteiger partial charge < -0.3 is 19.3 Å². The fourth-order valence-corrected chi connectivity index (χ4v) is 3.69. The lowest BCUT2D eigenvalue weighted by atomic mass is 10.1. The van der Waals surface area contributed by atoms with E-state index in [1.807, 2.05) is 9.80 Å². The summed E-state index contributed by atoms with van der Waals surface area (Å²) in [5.74, 6) is 1.34. The quantitative estimate of drug-likeness (QED) is 0.780. The van der Waals surface area contributed by atoms with E-state index in [1.165, 1.54) is 6.42 Å². The summed E-state index contributed by atoms with van der Waals surface area (Å²) in [5.41, 5.74) is 0.538. The Kier molecular flexibility index (Phi) is 6.55. The van der Waals surface area contributed by atoms with Crippen LogP contribution in [0.5, 0.6) is 11.5 Å². The Bertz CT molecular complexity index is 665. The molecule has 2 heterocycles. The van der Waals surface area contributed by atoms with Gasteiger partial charge in [0.2, 0.25) is 5.91 Å². The molecule has 0 saturated carbocycles. The number of piperidine rings is 1. The molecule has 0 aliphatic carbocycles. The number of nitrogens with zero attached hydrogens (tertiary/aromatic N) is 3. The molecule has 2 amide bonds. The van der Waals surface area contributed by atoms with Crippen LogP contribution < -0.4 is 9.47 Å². The highest BCUT2D eigenvalue weighted by Gasteiger charge is 2.26. The minimum Gasteiger partial charge on any atom is -0.497 e. The average Bonchev–Trinajstić information content (AvgIpc) is 2.73. The first-order valence-electron chi connectivity index (χ1n) is 9.64. The van der Waals surface area contributed by atoms with E-state index in [0.29, 0.717) is 49.8 Å². The van der Waals surface area contributed by atoms with Gasteiger partial charge in [0.25, 0.3) is 5.91 Å². The number of hydrogen-bond acceptors (Lipinski definition) is 5. The van der Waals surface area contributed by atoms with Crippen LogP contribution in [0.25, 0.3) is 0 Å². The van der Waals surface area contributed by atoms with Crippen LogP contribution in [0.4, 0.5) is 0 Å². The zero-order chi connectivity index (χ0) is 19.2. The Hall–Kier alpha value is -2.28. The van der Waals surface area contributed by atoms with Crippen molar-refractivity contribution in [3.8, 4) is 11.5 Å². The lowest BCUT2D eigenvalue weighted by Crippen LogP contribution is -2.52. The van der Waals surface area contributed by atoms with Crippen molar-refractivity contribution < 1.29 is 19.1 Å². The van der Waals surface area contributed by atoms with Gasteiger partial charge >= 0.3 is 0 Å². The molecular weight excluding hydrogens is 346 g/mol. The van der Waals surface area contributed by atoms with E-state index in [0.717, 1.165) is 25.9 Å². The molecule has 7 nitrogen and oxygen atoms in total.